The van der Waals surface area contributed by atoms with Gasteiger partial charge in [0.1, 0.15) is 5.25 Å². The highest BCUT2D eigenvalue weighted by molar-refractivity contribution is 8.00. The number of benzene rings is 2. The Hall–Kier alpha value is -2.67. The summed E-state index contributed by atoms with van der Waals surface area (Å²) in [4.78, 5) is 12.3. The predicted molar refractivity (Wildman–Crippen MR) is 105 cm³/mol. The Morgan fingerprint density at radius 1 is 1.15 bits per heavy atom. The molecule has 140 valence electrons. The second kappa shape index (κ2) is 9.32. The average Bonchev–Trinajstić information content (AvgIpc) is 3.19. The molecule has 1 atom stereocenters. The number of nitrogens with zero attached hydrogens (tertiary/aromatic N) is 4. The maximum Gasteiger partial charge on any atom is 0.323 e. The van der Waals surface area contributed by atoms with Gasteiger partial charge in [0.2, 0.25) is 5.16 Å². The third-order valence-corrected chi connectivity index (χ3v) is 5.35. The molecule has 0 fully saturated rings. The molecule has 1 heterocycles. The van der Waals surface area contributed by atoms with Crippen LogP contribution in [0.15, 0.2) is 59.8 Å². The highest BCUT2D eigenvalue weighted by atomic mass is 32.2. The molecule has 3 aromatic rings. The number of carbonyl (C=O) groups excluding carboxylic acids is 1. The summed E-state index contributed by atoms with van der Waals surface area (Å²) in [5.41, 5.74) is 3.00. The Morgan fingerprint density at radius 2 is 1.89 bits per heavy atom. The van der Waals surface area contributed by atoms with Gasteiger partial charge in [0.15, 0.2) is 0 Å². The predicted octanol–water partition coefficient (Wildman–Crippen LogP) is 4.01. The van der Waals surface area contributed by atoms with Gasteiger partial charge < -0.3 is 4.74 Å². The van der Waals surface area contributed by atoms with Crippen molar-refractivity contribution in [2.75, 3.05) is 7.11 Å². The molecular weight excluding hydrogens is 360 g/mol. The number of hydrogen-bond acceptors (Lipinski definition) is 6. The van der Waals surface area contributed by atoms with Crippen molar-refractivity contribution in [2.45, 2.75) is 36.6 Å². The highest BCUT2D eigenvalue weighted by Crippen LogP contribution is 2.35. The first-order valence-corrected chi connectivity index (χ1v) is 9.78. The van der Waals surface area contributed by atoms with E-state index in [9.17, 15) is 4.79 Å². The third-order valence-electron chi connectivity index (χ3n) is 4.18. The molecule has 7 heteroatoms. The first-order chi connectivity index (χ1) is 13.2. The van der Waals surface area contributed by atoms with E-state index in [2.05, 4.69) is 34.6 Å². The number of hydrogen-bond donors (Lipinski definition) is 0. The van der Waals surface area contributed by atoms with E-state index in [-0.39, 0.29) is 5.97 Å². The molecule has 0 bridgehead atoms. The Labute approximate surface area is 162 Å². The van der Waals surface area contributed by atoms with Crippen LogP contribution < -0.4 is 0 Å². The van der Waals surface area contributed by atoms with Crippen LogP contribution in [0, 0.1) is 0 Å². The molecule has 0 saturated carbocycles. The summed E-state index contributed by atoms with van der Waals surface area (Å²) in [7, 11) is 1.39. The van der Waals surface area contributed by atoms with Crippen molar-refractivity contribution in [1.29, 1.82) is 0 Å². The topological polar surface area (TPSA) is 69.9 Å². The lowest BCUT2D eigenvalue weighted by atomic mass is 10.1. The largest absolute Gasteiger partial charge is 0.468 e. The van der Waals surface area contributed by atoms with Gasteiger partial charge in [-0.1, -0.05) is 67.6 Å². The SMILES string of the molecule is CCCCc1ccc(-n2nnnc2SC(C(=O)OC)c2ccccc2)cc1. The van der Waals surface area contributed by atoms with E-state index in [1.165, 1.54) is 37.3 Å². The minimum Gasteiger partial charge on any atom is -0.468 e. The Morgan fingerprint density at radius 3 is 2.56 bits per heavy atom. The molecule has 27 heavy (non-hydrogen) atoms. The minimum atomic E-state index is -0.537. The van der Waals surface area contributed by atoms with Crippen molar-refractivity contribution in [2.24, 2.45) is 0 Å². The molecule has 2 aromatic carbocycles. The summed E-state index contributed by atoms with van der Waals surface area (Å²) in [6, 6.07) is 17.7. The van der Waals surface area contributed by atoms with E-state index < -0.39 is 5.25 Å². The minimum absolute atomic E-state index is 0.337. The fraction of sp³-hybridized carbons (Fsp3) is 0.300. The molecule has 3 rings (SSSR count). The van der Waals surface area contributed by atoms with Gasteiger partial charge in [-0.2, -0.15) is 4.68 Å². The van der Waals surface area contributed by atoms with Crippen LogP contribution >= 0.6 is 11.8 Å². The number of ether oxygens (including phenoxy) is 1. The number of tetrazole rings is 1. The summed E-state index contributed by atoms with van der Waals surface area (Å²) in [5, 5.41) is 12.0. The van der Waals surface area contributed by atoms with E-state index in [0.29, 0.717) is 5.16 Å². The van der Waals surface area contributed by atoms with Crippen molar-refractivity contribution in [1.82, 2.24) is 20.2 Å². The lowest BCUT2D eigenvalue weighted by molar-refractivity contribution is -0.140. The molecular formula is C20H22N4O2S. The van der Waals surface area contributed by atoms with Crippen LogP contribution in [0.25, 0.3) is 5.69 Å². The number of thioether (sulfide) groups is 1. The maximum absolute atomic E-state index is 12.3. The van der Waals surface area contributed by atoms with Crippen molar-refractivity contribution < 1.29 is 9.53 Å². The van der Waals surface area contributed by atoms with Gasteiger partial charge in [0, 0.05) is 0 Å². The molecule has 0 spiro atoms. The molecule has 0 N–H and O–H groups in total. The van der Waals surface area contributed by atoms with Gasteiger partial charge in [-0.3, -0.25) is 4.79 Å². The Balaban J connectivity index is 1.84. The Kier molecular flexibility index (Phi) is 6.59. The summed E-state index contributed by atoms with van der Waals surface area (Å²) >= 11 is 1.27. The standard InChI is InChI=1S/C20H22N4O2S/c1-3-4-8-15-11-13-17(14-12-15)24-20(21-22-23-24)27-18(19(25)26-2)16-9-6-5-7-10-16/h5-7,9-14,18H,3-4,8H2,1-2H3. The zero-order valence-corrected chi connectivity index (χ0v) is 16.2. The van der Waals surface area contributed by atoms with Gasteiger partial charge in [-0.15, -0.1) is 5.10 Å². The van der Waals surface area contributed by atoms with Crippen LogP contribution in [-0.4, -0.2) is 33.3 Å². The molecule has 0 aliphatic carbocycles. The van der Waals surface area contributed by atoms with E-state index in [1.807, 2.05) is 42.5 Å². The van der Waals surface area contributed by atoms with Crippen molar-refractivity contribution in [3.8, 4) is 5.69 Å². The summed E-state index contributed by atoms with van der Waals surface area (Å²) in [6.45, 7) is 2.18. The Bertz CT molecular complexity index is 865. The second-order valence-electron chi connectivity index (χ2n) is 6.07. The number of rotatable bonds is 8. The molecule has 6 nitrogen and oxygen atoms in total. The van der Waals surface area contributed by atoms with Crippen molar-refractivity contribution in [3.05, 3.63) is 65.7 Å². The average molecular weight is 382 g/mol. The summed E-state index contributed by atoms with van der Waals surface area (Å²) in [5.74, 6) is -0.337. The monoisotopic (exact) mass is 382 g/mol. The molecule has 0 aliphatic heterocycles. The fourth-order valence-corrected chi connectivity index (χ4v) is 3.71. The van der Waals surface area contributed by atoms with Gasteiger partial charge in [-0.05, 0) is 46.5 Å². The lowest BCUT2D eigenvalue weighted by Crippen LogP contribution is -2.12. The van der Waals surface area contributed by atoms with E-state index in [1.54, 1.807) is 4.68 Å². The molecule has 0 amide bonds. The van der Waals surface area contributed by atoms with E-state index >= 15 is 0 Å². The number of aryl methyl sites for hydroxylation is 1. The van der Waals surface area contributed by atoms with Crippen LogP contribution in [0.3, 0.4) is 0 Å². The molecule has 0 saturated heterocycles. The van der Waals surface area contributed by atoms with Crippen LogP contribution in [0.2, 0.25) is 0 Å². The summed E-state index contributed by atoms with van der Waals surface area (Å²) in [6.07, 6.45) is 3.40. The first-order valence-electron chi connectivity index (χ1n) is 8.90. The number of unbranched alkanes of at least 4 members (excludes halogenated alkanes) is 1. The van der Waals surface area contributed by atoms with Crippen LogP contribution in [0.5, 0.6) is 0 Å². The lowest BCUT2D eigenvalue weighted by Gasteiger charge is -2.14. The molecule has 0 radical (unpaired) electrons. The zero-order chi connectivity index (χ0) is 19.1. The number of methoxy groups -OCH3 is 1. The fourth-order valence-electron chi connectivity index (χ4n) is 2.69. The van der Waals surface area contributed by atoms with E-state index in [0.717, 1.165) is 17.7 Å². The van der Waals surface area contributed by atoms with Gasteiger partial charge in [0.05, 0.1) is 12.8 Å². The second-order valence-corrected chi connectivity index (χ2v) is 7.15. The zero-order valence-electron chi connectivity index (χ0n) is 15.4. The van der Waals surface area contributed by atoms with Crippen molar-refractivity contribution >= 4 is 17.7 Å². The normalized spacial score (nSPS) is 11.9. The molecule has 0 aliphatic rings. The highest BCUT2D eigenvalue weighted by Gasteiger charge is 2.26. The number of carbonyl (C=O) groups is 1. The van der Waals surface area contributed by atoms with E-state index in [4.69, 9.17) is 4.74 Å². The van der Waals surface area contributed by atoms with Gasteiger partial charge in [-0.25, -0.2) is 0 Å². The first kappa shape index (κ1) is 19.1. The maximum atomic E-state index is 12.3. The molecule has 1 aromatic heterocycles. The number of esters is 1. The quantitative estimate of drug-likeness (QED) is 0.433. The van der Waals surface area contributed by atoms with Gasteiger partial charge in [0.25, 0.3) is 0 Å². The smallest absolute Gasteiger partial charge is 0.323 e. The number of aromatic nitrogens is 4. The van der Waals surface area contributed by atoms with Crippen LogP contribution in [0.1, 0.15) is 36.1 Å². The molecule has 1 unspecified atom stereocenters. The van der Waals surface area contributed by atoms with Crippen molar-refractivity contribution in [3.63, 3.8) is 0 Å². The van der Waals surface area contributed by atoms with Crippen LogP contribution in [-0.2, 0) is 16.0 Å². The third kappa shape index (κ3) is 4.74. The van der Waals surface area contributed by atoms with Crippen LogP contribution in [0.4, 0.5) is 0 Å². The summed E-state index contributed by atoms with van der Waals surface area (Å²) < 4.78 is 6.62. The van der Waals surface area contributed by atoms with Gasteiger partial charge >= 0.3 is 5.97 Å².